The molecule has 9 nitrogen and oxygen atoms in total. The lowest BCUT2D eigenvalue weighted by atomic mass is 9.46. The van der Waals surface area contributed by atoms with Crippen molar-refractivity contribution in [2.75, 3.05) is 0 Å². The monoisotopic (exact) mass is 512 g/mol. The Bertz CT molecular complexity index is 1270. The van der Waals surface area contributed by atoms with Crippen molar-refractivity contribution >= 4 is 23.5 Å². The van der Waals surface area contributed by atoms with Gasteiger partial charge >= 0.3 is 11.9 Å². The third kappa shape index (κ3) is 2.17. The summed E-state index contributed by atoms with van der Waals surface area (Å²) < 4.78 is 18.1. The molecule has 5 fully saturated rings. The highest BCUT2D eigenvalue weighted by molar-refractivity contribution is 5.99. The molecule has 7 aliphatic rings. The maximum Gasteiger partial charge on any atom is 0.342 e. The van der Waals surface area contributed by atoms with Crippen LogP contribution in [0, 0.1) is 34.5 Å². The van der Waals surface area contributed by atoms with Gasteiger partial charge in [-0.1, -0.05) is 32.1 Å². The maximum absolute atomic E-state index is 14.6. The minimum absolute atomic E-state index is 0.0426. The molecule has 7 rings (SSSR count). The zero-order valence-corrected chi connectivity index (χ0v) is 21.4. The van der Waals surface area contributed by atoms with Gasteiger partial charge in [-0.3, -0.25) is 14.4 Å². The molecule has 4 bridgehead atoms. The van der Waals surface area contributed by atoms with Crippen molar-refractivity contribution in [3.63, 3.8) is 0 Å². The van der Waals surface area contributed by atoms with Gasteiger partial charge in [-0.2, -0.15) is 0 Å². The molecule has 2 N–H and O–H groups in total. The van der Waals surface area contributed by atoms with E-state index in [0.717, 1.165) is 5.57 Å². The molecule has 0 radical (unpaired) electrons. The molecule has 1 spiro atoms. The molecule has 4 aliphatic heterocycles. The van der Waals surface area contributed by atoms with Crippen molar-refractivity contribution in [1.29, 1.82) is 0 Å². The highest BCUT2D eigenvalue weighted by atomic mass is 16.7. The number of hydrogen-bond acceptors (Lipinski definition) is 9. The topological polar surface area (TPSA) is 136 Å². The summed E-state index contributed by atoms with van der Waals surface area (Å²) in [5, 5.41) is 24.6. The summed E-state index contributed by atoms with van der Waals surface area (Å²) in [5.74, 6) is -7.88. The van der Waals surface area contributed by atoms with E-state index in [9.17, 15) is 29.4 Å². The number of esters is 2. The summed E-state index contributed by atoms with van der Waals surface area (Å²) in [4.78, 5) is 54.5. The number of hydrogen-bond donors (Lipinski definition) is 2. The summed E-state index contributed by atoms with van der Waals surface area (Å²) in [7, 11) is 0. The van der Waals surface area contributed by atoms with E-state index >= 15 is 0 Å². The first-order valence-corrected chi connectivity index (χ1v) is 13.3. The second-order valence-electron chi connectivity index (χ2n) is 12.9. The SMILES string of the molecule is C[C@@H]1C(=O)OC2CC1(C)C1C(=O)[C@@]3(O)O[C@@]14[C@@](O)(CCC1C3CC=C3C=CCC(=O)[C@@]31C)C(=O)O[C@@]24C. The van der Waals surface area contributed by atoms with Crippen LogP contribution in [0.3, 0.4) is 0 Å². The molecule has 4 heterocycles. The van der Waals surface area contributed by atoms with Crippen LogP contribution in [0.4, 0.5) is 0 Å². The van der Waals surface area contributed by atoms with Crippen molar-refractivity contribution < 1.29 is 43.6 Å². The van der Waals surface area contributed by atoms with Gasteiger partial charge < -0.3 is 24.4 Å². The van der Waals surface area contributed by atoms with Crippen molar-refractivity contribution in [2.24, 2.45) is 34.5 Å². The fraction of sp³-hybridized carbons (Fsp3) is 0.714. The Balaban J connectivity index is 1.50. The number of Topliss-reactive ketones (excluding diaryl/α,β-unsaturated/α-hetero) is 2. The molecule has 5 unspecified atom stereocenters. The maximum atomic E-state index is 14.6. The average Bonchev–Trinajstić information content (AvgIpc) is 3.19. The smallest absolute Gasteiger partial charge is 0.342 e. The van der Waals surface area contributed by atoms with Gasteiger partial charge in [0.15, 0.2) is 22.6 Å². The third-order valence-corrected chi connectivity index (χ3v) is 11.8. The van der Waals surface area contributed by atoms with E-state index in [0.29, 0.717) is 0 Å². The van der Waals surface area contributed by atoms with Crippen LogP contribution in [0.25, 0.3) is 0 Å². The lowest BCUT2D eigenvalue weighted by molar-refractivity contribution is -0.346. The second kappa shape index (κ2) is 6.43. The second-order valence-corrected chi connectivity index (χ2v) is 12.9. The van der Waals surface area contributed by atoms with E-state index in [4.69, 9.17) is 14.2 Å². The highest BCUT2D eigenvalue weighted by Gasteiger charge is 2.91. The van der Waals surface area contributed by atoms with E-state index in [-0.39, 0.29) is 37.9 Å². The van der Waals surface area contributed by atoms with Crippen LogP contribution in [0.15, 0.2) is 23.8 Å². The van der Waals surface area contributed by atoms with E-state index in [2.05, 4.69) is 0 Å². The largest absolute Gasteiger partial charge is 0.458 e. The molecule has 37 heavy (non-hydrogen) atoms. The van der Waals surface area contributed by atoms with Crippen LogP contribution >= 0.6 is 0 Å². The molecule has 0 aromatic heterocycles. The molecule has 11 atom stereocenters. The van der Waals surface area contributed by atoms with Crippen LogP contribution in [0.1, 0.15) is 59.8 Å². The van der Waals surface area contributed by atoms with Crippen LogP contribution in [-0.4, -0.2) is 62.4 Å². The minimum atomic E-state index is -2.39. The number of ketones is 2. The summed E-state index contributed by atoms with van der Waals surface area (Å²) in [6.45, 7) is 6.80. The molecule has 1 saturated carbocycles. The molecule has 9 heteroatoms. The first kappa shape index (κ1) is 23.7. The van der Waals surface area contributed by atoms with Gasteiger partial charge in [0.1, 0.15) is 11.9 Å². The van der Waals surface area contributed by atoms with Gasteiger partial charge in [0.25, 0.3) is 0 Å². The predicted octanol–water partition coefficient (Wildman–Crippen LogP) is 1.54. The van der Waals surface area contributed by atoms with E-state index < -0.39 is 80.9 Å². The quantitative estimate of drug-likeness (QED) is 0.463. The standard InChI is InChI=1S/C28H32O9/c1-13-21(31)35-18-12-23(13,2)19-20(30)27(34)16-9-8-14-6-5-7-17(29)24(14,3)15(16)10-11-26(33)22(32)36-25(18,4)28(19,26)37-27/h5-6,8,13,15-16,18-19,33-34H,7,9-12H2,1-4H3/t13-,15?,16?,18?,19?,23?,24+,25+,26-,27+,28+/m1/s1. The molecule has 198 valence electrons. The first-order valence-electron chi connectivity index (χ1n) is 13.3. The molecule has 0 amide bonds. The van der Waals surface area contributed by atoms with E-state index in [1.807, 2.05) is 19.1 Å². The summed E-state index contributed by atoms with van der Waals surface area (Å²) in [6.07, 6.45) is 5.45. The zero-order chi connectivity index (χ0) is 26.6. The van der Waals surface area contributed by atoms with Gasteiger partial charge in [-0.15, -0.1) is 0 Å². The van der Waals surface area contributed by atoms with Gasteiger partial charge in [0, 0.05) is 12.3 Å². The van der Waals surface area contributed by atoms with E-state index in [1.54, 1.807) is 19.9 Å². The van der Waals surface area contributed by atoms with E-state index in [1.165, 1.54) is 6.92 Å². The summed E-state index contributed by atoms with van der Waals surface area (Å²) >= 11 is 0. The van der Waals surface area contributed by atoms with Gasteiger partial charge in [-0.05, 0) is 56.4 Å². The highest BCUT2D eigenvalue weighted by Crippen LogP contribution is 2.73. The van der Waals surface area contributed by atoms with Crippen molar-refractivity contribution in [2.45, 2.75) is 88.5 Å². The number of carbonyl (C=O) groups excluding carboxylic acids is 4. The van der Waals surface area contributed by atoms with Crippen LogP contribution in [0.5, 0.6) is 0 Å². The Morgan fingerprint density at radius 1 is 1.05 bits per heavy atom. The fourth-order valence-electron chi connectivity index (χ4n) is 9.44. The fourth-order valence-corrected chi connectivity index (χ4v) is 9.44. The predicted molar refractivity (Wildman–Crippen MR) is 124 cm³/mol. The Morgan fingerprint density at radius 2 is 1.78 bits per heavy atom. The third-order valence-electron chi connectivity index (χ3n) is 11.8. The Labute approximate surface area is 214 Å². The number of ether oxygens (including phenoxy) is 3. The van der Waals surface area contributed by atoms with Crippen molar-refractivity contribution in [3.05, 3.63) is 23.8 Å². The number of carbonyl (C=O) groups is 4. The van der Waals surface area contributed by atoms with Gasteiger partial charge in [0.2, 0.25) is 5.79 Å². The summed E-state index contributed by atoms with van der Waals surface area (Å²) in [5.41, 5.74) is -7.19. The molecule has 0 aromatic carbocycles. The van der Waals surface area contributed by atoms with Crippen molar-refractivity contribution in [3.8, 4) is 0 Å². The van der Waals surface area contributed by atoms with Gasteiger partial charge in [0.05, 0.1) is 17.3 Å². The first-order chi connectivity index (χ1) is 17.2. The summed E-state index contributed by atoms with van der Waals surface area (Å²) in [6, 6.07) is 0. The molecule has 0 aromatic rings. The Morgan fingerprint density at radius 3 is 2.51 bits per heavy atom. The number of rotatable bonds is 0. The van der Waals surface area contributed by atoms with Gasteiger partial charge in [-0.25, -0.2) is 4.79 Å². The Kier molecular flexibility index (Phi) is 4.13. The van der Waals surface area contributed by atoms with Crippen LogP contribution in [-0.2, 0) is 33.4 Å². The molecule has 3 aliphatic carbocycles. The lowest BCUT2D eigenvalue weighted by Crippen LogP contribution is -2.78. The lowest BCUT2D eigenvalue weighted by Gasteiger charge is -2.61. The number of aliphatic hydroxyl groups is 2. The van der Waals surface area contributed by atoms with Crippen LogP contribution in [0.2, 0.25) is 0 Å². The average molecular weight is 513 g/mol. The molecular formula is C28H32O9. The number of allylic oxidation sites excluding steroid dienone is 4. The number of fused-ring (bicyclic) bond motifs is 9. The molecular weight excluding hydrogens is 480 g/mol. The van der Waals surface area contributed by atoms with Crippen LogP contribution < -0.4 is 0 Å². The normalized spacial score (nSPS) is 57.4. The van der Waals surface area contributed by atoms with Crippen molar-refractivity contribution in [1.82, 2.24) is 0 Å². The minimum Gasteiger partial charge on any atom is -0.458 e. The Hall–Kier alpha value is -2.36. The molecule has 4 saturated heterocycles. The zero-order valence-electron chi connectivity index (χ0n) is 21.4.